The van der Waals surface area contributed by atoms with E-state index in [2.05, 4.69) is 36.7 Å². The zero-order valence-corrected chi connectivity index (χ0v) is 18.1. The maximum Gasteiger partial charge on any atom is 0.335 e. The monoisotopic (exact) mass is 414 g/mol. The number of fused-ring (bicyclic) bond motifs is 1. The van der Waals surface area contributed by atoms with Crippen LogP contribution < -0.4 is 21.8 Å². The molecule has 0 saturated carbocycles. The second-order valence-electron chi connectivity index (χ2n) is 8.99. The molecule has 164 valence electrons. The Balaban J connectivity index is 1.39. The average molecular weight is 415 g/mol. The lowest BCUT2D eigenvalue weighted by Gasteiger charge is -2.36. The molecule has 0 radical (unpaired) electrons. The fraction of sp³-hybridized carbons (Fsp3) is 0.591. The van der Waals surface area contributed by atoms with Gasteiger partial charge in [-0.1, -0.05) is 30.3 Å². The molecule has 30 heavy (non-hydrogen) atoms. The van der Waals surface area contributed by atoms with Gasteiger partial charge in [0.05, 0.1) is 24.2 Å². The Morgan fingerprint density at radius 2 is 2.17 bits per heavy atom. The summed E-state index contributed by atoms with van der Waals surface area (Å²) in [6.45, 7) is 8.10. The number of hydrogen-bond acceptors (Lipinski definition) is 6. The van der Waals surface area contributed by atoms with E-state index in [1.54, 1.807) is 0 Å². The van der Waals surface area contributed by atoms with E-state index in [9.17, 15) is 4.79 Å². The van der Waals surface area contributed by atoms with E-state index in [0.717, 1.165) is 30.6 Å². The number of likely N-dealkylation sites (tertiary alicyclic amines) is 1. The van der Waals surface area contributed by atoms with Crippen LogP contribution >= 0.6 is 0 Å². The number of benzene rings is 1. The van der Waals surface area contributed by atoms with Crippen molar-refractivity contribution in [1.29, 1.82) is 0 Å². The van der Waals surface area contributed by atoms with Crippen molar-refractivity contribution in [2.24, 2.45) is 5.84 Å². The van der Waals surface area contributed by atoms with Crippen molar-refractivity contribution in [2.45, 2.75) is 70.2 Å². The normalized spacial score (nSPS) is 28.5. The van der Waals surface area contributed by atoms with Gasteiger partial charge >= 0.3 is 6.03 Å². The van der Waals surface area contributed by atoms with E-state index < -0.39 is 5.54 Å². The minimum absolute atomic E-state index is 0.0675. The number of rotatable bonds is 5. The number of nitrogens with two attached hydrogens (primary N) is 1. The van der Waals surface area contributed by atoms with Gasteiger partial charge in [0.1, 0.15) is 6.29 Å². The number of urea groups is 1. The van der Waals surface area contributed by atoms with Gasteiger partial charge in [0, 0.05) is 25.4 Å². The molecule has 8 heteroatoms. The van der Waals surface area contributed by atoms with Crippen LogP contribution in [0, 0.1) is 0 Å². The average Bonchev–Trinajstić information content (AvgIpc) is 3.35. The Labute approximate surface area is 178 Å². The Morgan fingerprint density at radius 3 is 2.87 bits per heavy atom. The first-order chi connectivity index (χ1) is 14.4. The third kappa shape index (κ3) is 4.18. The SMILES string of the molecule is CC(NC1NC=C2C(CN(C(=O)N(N)Cc3ccccc3)C2(C)C)N1)C1CCCO1. The summed E-state index contributed by atoms with van der Waals surface area (Å²) < 4.78 is 5.79. The van der Waals surface area contributed by atoms with Crippen molar-refractivity contribution >= 4 is 6.03 Å². The number of carbonyl (C=O) groups is 1. The molecule has 4 atom stereocenters. The molecule has 5 N–H and O–H groups in total. The number of carbonyl (C=O) groups excluding carboxylic acids is 1. The minimum Gasteiger partial charge on any atom is -0.377 e. The van der Waals surface area contributed by atoms with Crippen LogP contribution in [0.15, 0.2) is 42.1 Å². The third-order valence-electron chi connectivity index (χ3n) is 6.52. The van der Waals surface area contributed by atoms with Crippen LogP contribution in [0.1, 0.15) is 39.2 Å². The molecule has 2 saturated heterocycles. The lowest BCUT2D eigenvalue weighted by Crippen LogP contribution is -2.61. The van der Waals surface area contributed by atoms with E-state index in [-0.39, 0.29) is 30.5 Å². The van der Waals surface area contributed by atoms with Crippen LogP contribution in [-0.2, 0) is 11.3 Å². The molecule has 8 nitrogen and oxygen atoms in total. The highest BCUT2D eigenvalue weighted by atomic mass is 16.5. The van der Waals surface area contributed by atoms with Gasteiger partial charge in [-0.05, 0) is 44.7 Å². The van der Waals surface area contributed by atoms with Crippen molar-refractivity contribution in [3.8, 4) is 0 Å². The maximum absolute atomic E-state index is 13.2. The molecule has 1 aromatic carbocycles. The molecule has 3 aliphatic rings. The number of nitrogens with zero attached hydrogens (tertiary/aromatic N) is 2. The topological polar surface area (TPSA) is 94.9 Å². The molecule has 2 amide bonds. The molecule has 4 unspecified atom stereocenters. The Morgan fingerprint density at radius 1 is 1.40 bits per heavy atom. The van der Waals surface area contributed by atoms with E-state index >= 15 is 0 Å². The Kier molecular flexibility index (Phi) is 6.02. The van der Waals surface area contributed by atoms with Gasteiger partial charge < -0.3 is 15.0 Å². The number of hydrazine groups is 1. The van der Waals surface area contributed by atoms with Gasteiger partial charge in [0.15, 0.2) is 0 Å². The highest BCUT2D eigenvalue weighted by Crippen LogP contribution is 2.36. The molecular formula is C22H34N6O2. The fourth-order valence-corrected chi connectivity index (χ4v) is 4.72. The van der Waals surface area contributed by atoms with Gasteiger partial charge in [0.25, 0.3) is 0 Å². The van der Waals surface area contributed by atoms with Gasteiger partial charge in [-0.3, -0.25) is 15.6 Å². The van der Waals surface area contributed by atoms with Crippen molar-refractivity contribution in [2.75, 3.05) is 13.2 Å². The van der Waals surface area contributed by atoms with E-state index in [4.69, 9.17) is 10.6 Å². The van der Waals surface area contributed by atoms with Gasteiger partial charge in [0.2, 0.25) is 0 Å². The maximum atomic E-state index is 13.2. The molecule has 2 fully saturated rings. The second-order valence-corrected chi connectivity index (χ2v) is 8.99. The first-order valence-corrected chi connectivity index (χ1v) is 10.8. The van der Waals surface area contributed by atoms with Gasteiger partial charge in [-0.15, -0.1) is 0 Å². The first kappa shape index (κ1) is 21.1. The Hall–Kier alpha value is -2.13. The molecule has 4 rings (SSSR count). The van der Waals surface area contributed by atoms with Crippen molar-refractivity contribution in [3.63, 3.8) is 0 Å². The number of hydrogen-bond donors (Lipinski definition) is 4. The fourth-order valence-electron chi connectivity index (χ4n) is 4.72. The lowest BCUT2D eigenvalue weighted by atomic mass is 9.92. The van der Waals surface area contributed by atoms with Crippen molar-refractivity contribution < 1.29 is 9.53 Å². The minimum atomic E-state index is -0.429. The zero-order chi connectivity index (χ0) is 21.3. The number of ether oxygens (including phenoxy) is 1. The van der Waals surface area contributed by atoms with E-state index in [1.807, 2.05) is 41.4 Å². The van der Waals surface area contributed by atoms with Crippen molar-refractivity contribution in [1.82, 2.24) is 25.9 Å². The smallest absolute Gasteiger partial charge is 0.335 e. The van der Waals surface area contributed by atoms with E-state index in [0.29, 0.717) is 13.1 Å². The summed E-state index contributed by atoms with van der Waals surface area (Å²) >= 11 is 0. The summed E-state index contributed by atoms with van der Waals surface area (Å²) in [5, 5.41) is 11.9. The van der Waals surface area contributed by atoms with Crippen LogP contribution in [0.2, 0.25) is 0 Å². The zero-order valence-electron chi connectivity index (χ0n) is 18.1. The van der Waals surface area contributed by atoms with Crippen LogP contribution in [0.25, 0.3) is 0 Å². The van der Waals surface area contributed by atoms with Crippen LogP contribution in [0.5, 0.6) is 0 Å². The molecule has 1 aromatic rings. The highest BCUT2D eigenvalue weighted by Gasteiger charge is 2.48. The predicted octanol–water partition coefficient (Wildman–Crippen LogP) is 1.46. The molecule has 0 bridgehead atoms. The van der Waals surface area contributed by atoms with E-state index in [1.165, 1.54) is 5.01 Å². The summed E-state index contributed by atoms with van der Waals surface area (Å²) in [5.41, 5.74) is 1.74. The number of nitrogens with one attached hydrogen (secondary N) is 3. The Bertz CT molecular complexity index is 777. The summed E-state index contributed by atoms with van der Waals surface area (Å²) in [4.78, 5) is 15.0. The molecule has 3 heterocycles. The number of amides is 2. The van der Waals surface area contributed by atoms with Crippen LogP contribution in [-0.4, -0.2) is 59.1 Å². The summed E-state index contributed by atoms with van der Waals surface area (Å²) in [7, 11) is 0. The molecule has 0 spiro atoms. The summed E-state index contributed by atoms with van der Waals surface area (Å²) in [6.07, 6.45) is 4.45. The standard InChI is InChI=1S/C22H34N6O2/c1-15(19-10-7-11-30-19)25-20-24-12-17-18(26-20)14-27(22(17,2)3)21(29)28(23)13-16-8-5-4-6-9-16/h4-6,8-9,12,15,18-20,24-26H,7,10-11,13-14,23H2,1-3H3. The first-order valence-electron chi connectivity index (χ1n) is 10.8. The largest absolute Gasteiger partial charge is 0.377 e. The summed E-state index contributed by atoms with van der Waals surface area (Å²) in [6, 6.07) is 9.95. The molecule has 0 aliphatic carbocycles. The molecule has 0 aromatic heterocycles. The van der Waals surface area contributed by atoms with Crippen LogP contribution in [0.4, 0.5) is 4.79 Å². The third-order valence-corrected chi connectivity index (χ3v) is 6.52. The van der Waals surface area contributed by atoms with Crippen molar-refractivity contribution in [3.05, 3.63) is 47.7 Å². The highest BCUT2D eigenvalue weighted by molar-refractivity contribution is 5.76. The predicted molar refractivity (Wildman–Crippen MR) is 116 cm³/mol. The molecular weight excluding hydrogens is 380 g/mol. The quantitative estimate of drug-likeness (QED) is 0.331. The lowest BCUT2D eigenvalue weighted by molar-refractivity contribution is 0.0754. The van der Waals surface area contributed by atoms with Crippen LogP contribution in [0.3, 0.4) is 0 Å². The second kappa shape index (κ2) is 8.55. The van der Waals surface area contributed by atoms with Gasteiger partial charge in [-0.2, -0.15) is 0 Å². The van der Waals surface area contributed by atoms with Gasteiger partial charge in [-0.25, -0.2) is 10.6 Å². The summed E-state index contributed by atoms with van der Waals surface area (Å²) in [5.74, 6) is 6.16. The molecule has 3 aliphatic heterocycles.